The number of hydrogen-bond donors (Lipinski definition) is 1. The van der Waals surface area contributed by atoms with Crippen LogP contribution in [0.2, 0.25) is 0 Å². The SMILES string of the molecule is Cc1ccc(CNC(=O)CN2C(=O)Cc3ccccc3C2=O)cc1. The first-order chi connectivity index (χ1) is 11.5. The van der Waals surface area contributed by atoms with Gasteiger partial charge in [-0.2, -0.15) is 0 Å². The van der Waals surface area contributed by atoms with Crippen LogP contribution in [-0.4, -0.2) is 29.2 Å². The van der Waals surface area contributed by atoms with Crippen molar-refractivity contribution in [2.75, 3.05) is 6.54 Å². The first-order valence-electron chi connectivity index (χ1n) is 7.79. The molecule has 2 aromatic rings. The van der Waals surface area contributed by atoms with Gasteiger partial charge in [0.15, 0.2) is 0 Å². The molecular formula is C19H18N2O3. The van der Waals surface area contributed by atoms with E-state index in [0.717, 1.165) is 16.0 Å². The second-order valence-corrected chi connectivity index (χ2v) is 5.88. The van der Waals surface area contributed by atoms with Crippen LogP contribution in [-0.2, 0) is 22.6 Å². The number of carbonyl (C=O) groups is 3. The molecule has 0 aromatic heterocycles. The second kappa shape index (κ2) is 6.66. The number of hydrogen-bond acceptors (Lipinski definition) is 3. The largest absolute Gasteiger partial charge is 0.350 e. The minimum Gasteiger partial charge on any atom is -0.350 e. The van der Waals surface area contributed by atoms with Gasteiger partial charge in [0.1, 0.15) is 6.54 Å². The zero-order chi connectivity index (χ0) is 17.1. The molecular weight excluding hydrogens is 304 g/mol. The van der Waals surface area contributed by atoms with Crippen molar-refractivity contribution in [3.8, 4) is 0 Å². The van der Waals surface area contributed by atoms with Gasteiger partial charge in [0.25, 0.3) is 5.91 Å². The van der Waals surface area contributed by atoms with Crippen LogP contribution in [0.25, 0.3) is 0 Å². The van der Waals surface area contributed by atoms with E-state index in [9.17, 15) is 14.4 Å². The van der Waals surface area contributed by atoms with Crippen LogP contribution >= 0.6 is 0 Å². The average Bonchev–Trinajstić information content (AvgIpc) is 2.58. The molecule has 0 radical (unpaired) electrons. The Kier molecular flexibility index (Phi) is 4.42. The van der Waals surface area contributed by atoms with Crippen LogP contribution in [0, 0.1) is 6.92 Å². The Balaban J connectivity index is 1.63. The Morgan fingerprint density at radius 1 is 1.08 bits per heavy atom. The third-order valence-electron chi connectivity index (χ3n) is 4.05. The lowest BCUT2D eigenvalue weighted by atomic mass is 9.98. The Hall–Kier alpha value is -2.95. The maximum Gasteiger partial charge on any atom is 0.261 e. The van der Waals surface area contributed by atoms with Gasteiger partial charge in [-0.15, -0.1) is 0 Å². The Bertz CT molecular complexity index is 797. The molecule has 0 saturated heterocycles. The van der Waals surface area contributed by atoms with Gasteiger partial charge in [-0.25, -0.2) is 0 Å². The minimum atomic E-state index is -0.410. The summed E-state index contributed by atoms with van der Waals surface area (Å²) in [6.45, 7) is 2.11. The van der Waals surface area contributed by atoms with Gasteiger partial charge in [-0.3, -0.25) is 19.3 Å². The zero-order valence-corrected chi connectivity index (χ0v) is 13.4. The van der Waals surface area contributed by atoms with E-state index in [2.05, 4.69) is 5.32 Å². The smallest absolute Gasteiger partial charge is 0.261 e. The fraction of sp³-hybridized carbons (Fsp3) is 0.211. The molecule has 0 aliphatic carbocycles. The second-order valence-electron chi connectivity index (χ2n) is 5.88. The Morgan fingerprint density at radius 2 is 1.79 bits per heavy atom. The summed E-state index contributed by atoms with van der Waals surface area (Å²) in [5, 5.41) is 2.75. The lowest BCUT2D eigenvalue weighted by Crippen LogP contribution is -2.47. The third kappa shape index (κ3) is 3.35. The van der Waals surface area contributed by atoms with Crippen molar-refractivity contribution in [1.82, 2.24) is 10.2 Å². The molecule has 2 aromatic carbocycles. The van der Waals surface area contributed by atoms with Crippen LogP contribution in [0.5, 0.6) is 0 Å². The van der Waals surface area contributed by atoms with Crippen LogP contribution in [0.15, 0.2) is 48.5 Å². The van der Waals surface area contributed by atoms with Gasteiger partial charge >= 0.3 is 0 Å². The molecule has 1 aliphatic heterocycles. The molecule has 1 N–H and O–H groups in total. The number of carbonyl (C=O) groups excluding carboxylic acids is 3. The van der Waals surface area contributed by atoms with Gasteiger partial charge < -0.3 is 5.32 Å². The van der Waals surface area contributed by atoms with E-state index in [1.807, 2.05) is 31.2 Å². The predicted molar refractivity (Wildman–Crippen MR) is 89.2 cm³/mol. The monoisotopic (exact) mass is 322 g/mol. The summed E-state index contributed by atoms with van der Waals surface area (Å²) >= 11 is 0. The molecule has 3 amide bonds. The number of fused-ring (bicyclic) bond motifs is 1. The van der Waals surface area contributed by atoms with E-state index in [1.165, 1.54) is 0 Å². The number of aryl methyl sites for hydroxylation is 1. The van der Waals surface area contributed by atoms with Gasteiger partial charge in [0, 0.05) is 12.1 Å². The number of amides is 3. The molecule has 0 fully saturated rings. The lowest BCUT2D eigenvalue weighted by molar-refractivity contribution is -0.133. The van der Waals surface area contributed by atoms with Crippen molar-refractivity contribution >= 4 is 17.7 Å². The summed E-state index contributed by atoms with van der Waals surface area (Å²) in [6, 6.07) is 14.8. The maximum absolute atomic E-state index is 12.4. The van der Waals surface area contributed by atoms with Crippen molar-refractivity contribution in [2.45, 2.75) is 19.9 Å². The quantitative estimate of drug-likeness (QED) is 0.874. The van der Waals surface area contributed by atoms with Crippen LogP contribution in [0.1, 0.15) is 27.0 Å². The van der Waals surface area contributed by atoms with Crippen molar-refractivity contribution in [3.05, 3.63) is 70.8 Å². The van der Waals surface area contributed by atoms with Crippen molar-refractivity contribution in [2.24, 2.45) is 0 Å². The first-order valence-corrected chi connectivity index (χ1v) is 7.79. The number of nitrogens with zero attached hydrogens (tertiary/aromatic N) is 1. The van der Waals surface area contributed by atoms with Gasteiger partial charge in [0.05, 0.1) is 6.42 Å². The summed E-state index contributed by atoms with van der Waals surface area (Å²) in [5.41, 5.74) is 3.32. The molecule has 0 saturated carbocycles. The number of imide groups is 1. The normalized spacial score (nSPS) is 13.6. The van der Waals surface area contributed by atoms with Crippen molar-refractivity contribution < 1.29 is 14.4 Å². The molecule has 3 rings (SSSR count). The molecule has 1 aliphatic rings. The van der Waals surface area contributed by atoms with Crippen molar-refractivity contribution in [3.63, 3.8) is 0 Å². The lowest BCUT2D eigenvalue weighted by Gasteiger charge is -2.26. The average molecular weight is 322 g/mol. The fourth-order valence-electron chi connectivity index (χ4n) is 2.67. The van der Waals surface area contributed by atoms with Crippen LogP contribution in [0.3, 0.4) is 0 Å². The summed E-state index contributed by atoms with van der Waals surface area (Å²) in [7, 11) is 0. The fourth-order valence-corrected chi connectivity index (χ4v) is 2.67. The number of rotatable bonds is 4. The number of benzene rings is 2. The van der Waals surface area contributed by atoms with E-state index >= 15 is 0 Å². The Labute approximate surface area is 140 Å². The minimum absolute atomic E-state index is 0.146. The summed E-state index contributed by atoms with van der Waals surface area (Å²) in [4.78, 5) is 37.7. The van der Waals surface area contributed by atoms with E-state index in [1.54, 1.807) is 24.3 Å². The molecule has 0 atom stereocenters. The summed E-state index contributed by atoms with van der Waals surface area (Å²) in [5.74, 6) is -1.10. The maximum atomic E-state index is 12.4. The third-order valence-corrected chi connectivity index (χ3v) is 4.05. The number of nitrogens with one attached hydrogen (secondary N) is 1. The summed E-state index contributed by atoms with van der Waals surface area (Å²) < 4.78 is 0. The van der Waals surface area contributed by atoms with E-state index in [-0.39, 0.29) is 24.8 Å². The van der Waals surface area contributed by atoms with Crippen LogP contribution < -0.4 is 5.32 Å². The molecule has 0 unspecified atom stereocenters. The highest BCUT2D eigenvalue weighted by molar-refractivity contribution is 6.11. The van der Waals surface area contributed by atoms with Gasteiger partial charge in [-0.05, 0) is 24.1 Å². The van der Waals surface area contributed by atoms with E-state index in [0.29, 0.717) is 17.7 Å². The molecule has 5 heteroatoms. The molecule has 0 spiro atoms. The van der Waals surface area contributed by atoms with Gasteiger partial charge in [-0.1, -0.05) is 48.0 Å². The highest BCUT2D eigenvalue weighted by Crippen LogP contribution is 2.19. The molecule has 5 nitrogen and oxygen atoms in total. The van der Waals surface area contributed by atoms with Crippen LogP contribution in [0.4, 0.5) is 0 Å². The van der Waals surface area contributed by atoms with E-state index in [4.69, 9.17) is 0 Å². The predicted octanol–water partition coefficient (Wildman–Crippen LogP) is 1.84. The highest BCUT2D eigenvalue weighted by Gasteiger charge is 2.31. The Morgan fingerprint density at radius 3 is 2.54 bits per heavy atom. The molecule has 122 valence electrons. The first kappa shape index (κ1) is 15.9. The van der Waals surface area contributed by atoms with E-state index < -0.39 is 5.91 Å². The van der Waals surface area contributed by atoms with Crippen molar-refractivity contribution in [1.29, 1.82) is 0 Å². The van der Waals surface area contributed by atoms with Gasteiger partial charge in [0.2, 0.25) is 11.8 Å². The molecule has 0 bridgehead atoms. The standard InChI is InChI=1S/C19H18N2O3/c1-13-6-8-14(9-7-13)11-20-17(22)12-21-18(23)10-15-4-2-3-5-16(15)19(21)24/h2-9H,10-12H2,1H3,(H,20,22). The molecule has 1 heterocycles. The topological polar surface area (TPSA) is 66.5 Å². The zero-order valence-electron chi connectivity index (χ0n) is 13.4. The highest BCUT2D eigenvalue weighted by atomic mass is 16.2. The molecule has 24 heavy (non-hydrogen) atoms. The summed E-state index contributed by atoms with van der Waals surface area (Å²) in [6.07, 6.45) is 0.146.